The lowest BCUT2D eigenvalue weighted by molar-refractivity contribution is 0.0338. The van der Waals surface area contributed by atoms with Crippen molar-refractivity contribution in [2.24, 2.45) is 0 Å². The number of aryl methyl sites for hydroxylation is 1. The number of hydrogen-bond donors (Lipinski definition) is 2. The van der Waals surface area contributed by atoms with Crippen molar-refractivity contribution in [2.45, 2.75) is 20.0 Å². The lowest BCUT2D eigenvalue weighted by Crippen LogP contribution is -2.09. The van der Waals surface area contributed by atoms with Crippen LogP contribution in [0.1, 0.15) is 34.5 Å². The topological polar surface area (TPSA) is 81.0 Å². The summed E-state index contributed by atoms with van der Waals surface area (Å²) >= 11 is 0. The first-order chi connectivity index (χ1) is 8.56. The average molecular weight is 245 g/mol. The molecule has 2 rings (SSSR count). The number of carbonyl (C=O) groups is 1. The highest BCUT2D eigenvalue weighted by atomic mass is 16.5. The van der Waals surface area contributed by atoms with Gasteiger partial charge in [-0.25, -0.2) is 4.79 Å². The fourth-order valence-electron chi connectivity index (χ4n) is 1.74. The van der Waals surface area contributed by atoms with E-state index in [0.29, 0.717) is 11.3 Å². The summed E-state index contributed by atoms with van der Waals surface area (Å²) in [6.45, 7) is 3.76. The molecule has 0 bridgehead atoms. The number of esters is 1. The number of hydrogen-bond acceptors (Lipinski definition) is 4. The largest absolute Gasteiger partial charge is 0.454 e. The molecule has 0 spiro atoms. The minimum atomic E-state index is -0.406. The summed E-state index contributed by atoms with van der Waals surface area (Å²) < 4.78 is 5.34. The Bertz CT molecular complexity index is 529. The first-order valence-corrected chi connectivity index (χ1v) is 5.63. The first-order valence-electron chi connectivity index (χ1n) is 5.63. The smallest absolute Gasteiger partial charge is 0.341 e. The van der Waals surface area contributed by atoms with E-state index >= 15 is 0 Å². The molecule has 3 N–H and O–H groups in total. The van der Waals surface area contributed by atoms with Crippen molar-refractivity contribution in [2.75, 3.05) is 5.73 Å². The standard InChI is InChI=1S/C13H15N3O2/c1-8-3-10(5-12(14)4-8)9(2)18-13(17)11-6-15-16-7-11/h3-7,9H,14H2,1-2H3,(H,15,16). The van der Waals surface area contributed by atoms with Crippen LogP contribution < -0.4 is 5.73 Å². The lowest BCUT2D eigenvalue weighted by atomic mass is 10.1. The lowest BCUT2D eigenvalue weighted by Gasteiger charge is -2.14. The molecule has 5 nitrogen and oxygen atoms in total. The predicted octanol–water partition coefficient (Wildman–Crippen LogP) is 2.22. The van der Waals surface area contributed by atoms with Gasteiger partial charge in [0.1, 0.15) is 6.10 Å². The SMILES string of the molecule is Cc1cc(N)cc(C(C)OC(=O)c2cn[nH]c2)c1. The number of nitrogen functional groups attached to an aromatic ring is 1. The molecule has 94 valence electrons. The molecule has 18 heavy (non-hydrogen) atoms. The molecule has 0 saturated carbocycles. The Labute approximate surface area is 105 Å². The van der Waals surface area contributed by atoms with Gasteiger partial charge in [0.25, 0.3) is 0 Å². The molecule has 5 heteroatoms. The van der Waals surface area contributed by atoms with E-state index < -0.39 is 5.97 Å². The van der Waals surface area contributed by atoms with Crippen LogP contribution in [0, 0.1) is 6.92 Å². The third-order valence-electron chi connectivity index (χ3n) is 2.61. The van der Waals surface area contributed by atoms with Gasteiger partial charge in [0.2, 0.25) is 0 Å². The summed E-state index contributed by atoms with van der Waals surface area (Å²) in [4.78, 5) is 11.7. The van der Waals surface area contributed by atoms with Crippen molar-refractivity contribution in [1.82, 2.24) is 10.2 Å². The Morgan fingerprint density at radius 3 is 2.83 bits per heavy atom. The molecule has 1 aromatic heterocycles. The summed E-state index contributed by atoms with van der Waals surface area (Å²) in [6, 6.07) is 5.62. The fourth-order valence-corrected chi connectivity index (χ4v) is 1.74. The van der Waals surface area contributed by atoms with Crippen LogP contribution >= 0.6 is 0 Å². The van der Waals surface area contributed by atoms with Crippen molar-refractivity contribution < 1.29 is 9.53 Å². The maximum absolute atomic E-state index is 11.7. The maximum atomic E-state index is 11.7. The van der Waals surface area contributed by atoms with Crippen molar-refractivity contribution >= 4 is 11.7 Å². The second-order valence-electron chi connectivity index (χ2n) is 4.21. The highest BCUT2D eigenvalue weighted by molar-refractivity contribution is 5.88. The molecule has 1 aromatic carbocycles. The molecule has 0 fully saturated rings. The zero-order valence-corrected chi connectivity index (χ0v) is 10.3. The Morgan fingerprint density at radius 1 is 1.44 bits per heavy atom. The molecule has 2 aromatic rings. The summed E-state index contributed by atoms with van der Waals surface area (Å²) in [5.41, 5.74) is 8.75. The monoisotopic (exact) mass is 245 g/mol. The van der Waals surface area contributed by atoms with Crippen LogP contribution in [-0.2, 0) is 4.74 Å². The number of ether oxygens (including phenoxy) is 1. The second-order valence-corrected chi connectivity index (χ2v) is 4.21. The van der Waals surface area contributed by atoms with Gasteiger partial charge in [-0.15, -0.1) is 0 Å². The summed E-state index contributed by atoms with van der Waals surface area (Å²) in [6.07, 6.45) is 2.58. The zero-order chi connectivity index (χ0) is 13.1. The molecule has 0 radical (unpaired) electrons. The summed E-state index contributed by atoms with van der Waals surface area (Å²) in [5.74, 6) is -0.406. The quantitative estimate of drug-likeness (QED) is 0.641. The predicted molar refractivity (Wildman–Crippen MR) is 68.0 cm³/mol. The van der Waals surface area contributed by atoms with Crippen LogP contribution in [0.4, 0.5) is 5.69 Å². The van der Waals surface area contributed by atoms with E-state index in [-0.39, 0.29) is 6.10 Å². The third kappa shape index (κ3) is 2.68. The highest BCUT2D eigenvalue weighted by Gasteiger charge is 2.14. The van der Waals surface area contributed by atoms with E-state index in [0.717, 1.165) is 11.1 Å². The van der Waals surface area contributed by atoms with Crippen LogP contribution in [0.15, 0.2) is 30.6 Å². The van der Waals surface area contributed by atoms with E-state index in [1.165, 1.54) is 12.4 Å². The molecular formula is C13H15N3O2. The van der Waals surface area contributed by atoms with E-state index in [4.69, 9.17) is 10.5 Å². The van der Waals surface area contributed by atoms with Gasteiger partial charge in [0, 0.05) is 11.9 Å². The number of anilines is 1. The molecule has 1 unspecified atom stereocenters. The molecule has 0 aliphatic heterocycles. The average Bonchev–Trinajstić information content (AvgIpc) is 2.80. The van der Waals surface area contributed by atoms with Crippen molar-refractivity contribution in [3.63, 3.8) is 0 Å². The number of nitrogens with two attached hydrogens (primary N) is 1. The second kappa shape index (κ2) is 4.91. The van der Waals surface area contributed by atoms with Gasteiger partial charge < -0.3 is 10.5 Å². The van der Waals surface area contributed by atoms with Gasteiger partial charge in [0.15, 0.2) is 0 Å². The highest BCUT2D eigenvalue weighted by Crippen LogP contribution is 2.22. The van der Waals surface area contributed by atoms with Crippen LogP contribution in [0.3, 0.4) is 0 Å². The number of H-pyrrole nitrogens is 1. The van der Waals surface area contributed by atoms with Crippen LogP contribution in [0.25, 0.3) is 0 Å². The van der Waals surface area contributed by atoms with Gasteiger partial charge in [0.05, 0.1) is 11.8 Å². The third-order valence-corrected chi connectivity index (χ3v) is 2.61. The van der Waals surface area contributed by atoms with Gasteiger partial charge in [-0.05, 0) is 37.1 Å². The number of aromatic amines is 1. The molecule has 1 atom stereocenters. The van der Waals surface area contributed by atoms with Crippen LogP contribution in [0.5, 0.6) is 0 Å². The molecule has 0 amide bonds. The van der Waals surface area contributed by atoms with Crippen molar-refractivity contribution in [1.29, 1.82) is 0 Å². The Kier molecular flexibility index (Phi) is 3.32. The number of benzene rings is 1. The molecule has 0 aliphatic rings. The fraction of sp³-hybridized carbons (Fsp3) is 0.231. The molecule has 0 aliphatic carbocycles. The van der Waals surface area contributed by atoms with Gasteiger partial charge in [-0.2, -0.15) is 5.10 Å². The Balaban J connectivity index is 2.12. The maximum Gasteiger partial charge on any atom is 0.341 e. The van der Waals surface area contributed by atoms with Gasteiger partial charge in [-0.3, -0.25) is 5.10 Å². The summed E-state index contributed by atoms with van der Waals surface area (Å²) in [5, 5.41) is 6.28. The minimum absolute atomic E-state index is 0.352. The number of nitrogens with zero attached hydrogens (tertiary/aromatic N) is 1. The number of nitrogens with one attached hydrogen (secondary N) is 1. The Morgan fingerprint density at radius 2 is 2.22 bits per heavy atom. The normalized spacial score (nSPS) is 12.1. The van der Waals surface area contributed by atoms with E-state index in [2.05, 4.69) is 10.2 Å². The van der Waals surface area contributed by atoms with Crippen molar-refractivity contribution in [3.8, 4) is 0 Å². The first kappa shape index (κ1) is 12.2. The van der Waals surface area contributed by atoms with Crippen LogP contribution in [0.2, 0.25) is 0 Å². The molecular weight excluding hydrogens is 230 g/mol. The van der Waals surface area contributed by atoms with E-state index in [9.17, 15) is 4.79 Å². The van der Waals surface area contributed by atoms with Gasteiger partial charge in [-0.1, -0.05) is 6.07 Å². The Hall–Kier alpha value is -2.30. The zero-order valence-electron chi connectivity index (χ0n) is 10.3. The molecule has 1 heterocycles. The number of rotatable bonds is 3. The van der Waals surface area contributed by atoms with Crippen molar-refractivity contribution in [3.05, 3.63) is 47.3 Å². The minimum Gasteiger partial charge on any atom is -0.454 e. The molecule has 0 saturated heterocycles. The van der Waals surface area contributed by atoms with E-state index in [1.54, 1.807) is 6.07 Å². The number of carbonyl (C=O) groups excluding carboxylic acids is 1. The van der Waals surface area contributed by atoms with Gasteiger partial charge >= 0.3 is 5.97 Å². The van der Waals surface area contributed by atoms with E-state index in [1.807, 2.05) is 26.0 Å². The summed E-state index contributed by atoms with van der Waals surface area (Å²) in [7, 11) is 0. The number of aromatic nitrogens is 2. The van der Waals surface area contributed by atoms with Crippen LogP contribution in [-0.4, -0.2) is 16.2 Å².